The molecule has 0 aliphatic rings. The summed E-state index contributed by atoms with van der Waals surface area (Å²) in [7, 11) is 0. The van der Waals surface area contributed by atoms with Crippen LogP contribution in [0.15, 0.2) is 36.4 Å². The normalized spacial score (nSPS) is 11.4. The van der Waals surface area contributed by atoms with Crippen LogP contribution in [0.2, 0.25) is 0 Å². The fourth-order valence-electron chi connectivity index (χ4n) is 3.92. The van der Waals surface area contributed by atoms with Crippen LogP contribution in [0.3, 0.4) is 0 Å². The molecule has 4 aromatic rings. The van der Waals surface area contributed by atoms with Gasteiger partial charge in [0.05, 0.1) is 16.8 Å². The number of phenols is 4. The van der Waals surface area contributed by atoms with Crippen LogP contribution < -0.4 is 0 Å². The quantitative estimate of drug-likeness (QED) is 0.292. The molecule has 0 aliphatic heterocycles. The Morgan fingerprint density at radius 2 is 1.17 bits per heavy atom. The lowest BCUT2D eigenvalue weighted by Crippen LogP contribution is -2.08. The van der Waals surface area contributed by atoms with Gasteiger partial charge in [-0.25, -0.2) is 15.0 Å². The number of hydrogen-bond donors (Lipinski definition) is 4. The molecule has 0 saturated carbocycles. The van der Waals surface area contributed by atoms with E-state index >= 15 is 0 Å². The number of phenolic OH excluding ortho intramolecular Hbond substituents is 4. The third-order valence-corrected chi connectivity index (χ3v) is 6.28. The summed E-state index contributed by atoms with van der Waals surface area (Å²) in [5, 5.41) is 41.5. The Hall–Kier alpha value is -4.07. The number of rotatable bonds is 6. The lowest BCUT2D eigenvalue weighted by atomic mass is 10.1. The molecule has 8 nitrogen and oxygen atoms in total. The predicted molar refractivity (Wildman–Crippen MR) is 134 cm³/mol. The van der Waals surface area contributed by atoms with Gasteiger partial charge in [0.15, 0.2) is 17.5 Å². The van der Waals surface area contributed by atoms with Crippen molar-refractivity contribution in [2.24, 2.45) is 5.92 Å². The van der Waals surface area contributed by atoms with Gasteiger partial charge in [0.1, 0.15) is 23.0 Å². The largest absolute Gasteiger partial charge is 0.508 e. The van der Waals surface area contributed by atoms with Crippen LogP contribution >= 0.6 is 0 Å². The molecule has 8 heteroatoms. The van der Waals surface area contributed by atoms with Gasteiger partial charge >= 0.3 is 0 Å². The van der Waals surface area contributed by atoms with Crippen LogP contribution in [0.4, 0.5) is 0 Å². The second kappa shape index (κ2) is 9.29. The minimum Gasteiger partial charge on any atom is -0.508 e. The lowest BCUT2D eigenvalue weighted by Gasteiger charge is -2.15. The molecule has 2 aromatic heterocycles. The van der Waals surface area contributed by atoms with Gasteiger partial charge in [-0.05, 0) is 69.5 Å². The Kier molecular flexibility index (Phi) is 6.39. The molecule has 0 saturated heterocycles. The van der Waals surface area contributed by atoms with Crippen molar-refractivity contribution < 1.29 is 20.4 Å². The minimum atomic E-state index is -0.134. The van der Waals surface area contributed by atoms with Crippen molar-refractivity contribution in [2.75, 3.05) is 0 Å². The Labute approximate surface area is 204 Å². The first-order chi connectivity index (χ1) is 16.6. The standard InChI is InChI=1S/C27H30N4O4/c1-14(2)12-13-31-15(3)6-9-20(31)27-29-25(18-7-10-21(32)16(4)23(18)34)28-26(30-27)19-8-11-22(33)17(5)24(19)35/h6-11,14,32-35H,12-13H2,1-5H3. The Morgan fingerprint density at radius 3 is 1.66 bits per heavy atom. The number of aromatic hydroxyl groups is 4. The number of aryl methyl sites for hydroxylation is 1. The number of aromatic nitrogens is 4. The third kappa shape index (κ3) is 4.51. The Balaban J connectivity index is 1.97. The zero-order valence-electron chi connectivity index (χ0n) is 20.5. The van der Waals surface area contributed by atoms with Gasteiger partial charge in [-0.15, -0.1) is 0 Å². The SMILES string of the molecule is Cc1c(O)ccc(-c2nc(-c3ccc(O)c(C)c3O)nc(-c3ccc(C)n3CCC(C)C)n2)c1O. The molecule has 0 aliphatic carbocycles. The summed E-state index contributed by atoms with van der Waals surface area (Å²) in [5.41, 5.74) is 3.14. The Bertz CT molecular complexity index is 1330. The van der Waals surface area contributed by atoms with Crippen molar-refractivity contribution >= 4 is 0 Å². The molecule has 0 fully saturated rings. The van der Waals surface area contributed by atoms with Crippen LogP contribution in [-0.2, 0) is 6.54 Å². The summed E-state index contributed by atoms with van der Waals surface area (Å²) < 4.78 is 2.15. The fraction of sp³-hybridized carbons (Fsp3) is 0.296. The monoisotopic (exact) mass is 474 g/mol. The van der Waals surface area contributed by atoms with Crippen LogP contribution in [0, 0.1) is 26.7 Å². The first kappa shape index (κ1) is 24.1. The first-order valence-electron chi connectivity index (χ1n) is 11.5. The number of hydrogen-bond acceptors (Lipinski definition) is 7. The molecular weight excluding hydrogens is 444 g/mol. The van der Waals surface area contributed by atoms with E-state index in [9.17, 15) is 20.4 Å². The molecule has 2 aromatic carbocycles. The first-order valence-corrected chi connectivity index (χ1v) is 11.5. The van der Waals surface area contributed by atoms with Crippen LogP contribution in [0.1, 0.15) is 37.1 Å². The third-order valence-electron chi connectivity index (χ3n) is 6.28. The van der Waals surface area contributed by atoms with Gasteiger partial charge in [0.2, 0.25) is 0 Å². The maximum atomic E-state index is 10.7. The molecule has 0 bridgehead atoms. The topological polar surface area (TPSA) is 125 Å². The average Bonchev–Trinajstić information content (AvgIpc) is 3.19. The lowest BCUT2D eigenvalue weighted by molar-refractivity contribution is 0.443. The van der Waals surface area contributed by atoms with E-state index in [0.717, 1.165) is 24.4 Å². The molecule has 0 unspecified atom stereocenters. The number of nitrogens with zero attached hydrogens (tertiary/aromatic N) is 4. The van der Waals surface area contributed by atoms with Crippen molar-refractivity contribution in [2.45, 2.75) is 47.6 Å². The van der Waals surface area contributed by atoms with E-state index in [2.05, 4.69) is 33.4 Å². The average molecular weight is 475 g/mol. The summed E-state index contributed by atoms with van der Waals surface area (Å²) in [4.78, 5) is 13.9. The predicted octanol–water partition coefficient (Wildman–Crippen LogP) is 5.47. The molecule has 0 spiro atoms. The molecule has 0 amide bonds. The van der Waals surface area contributed by atoms with Gasteiger partial charge in [-0.2, -0.15) is 0 Å². The molecule has 182 valence electrons. The molecular formula is C27H30N4O4. The second-order valence-electron chi connectivity index (χ2n) is 9.21. The van der Waals surface area contributed by atoms with Crippen LogP contribution in [0.25, 0.3) is 34.3 Å². The van der Waals surface area contributed by atoms with E-state index in [1.165, 1.54) is 12.1 Å². The molecule has 35 heavy (non-hydrogen) atoms. The van der Waals surface area contributed by atoms with Crippen LogP contribution in [0.5, 0.6) is 23.0 Å². The van der Waals surface area contributed by atoms with E-state index in [1.807, 2.05) is 19.1 Å². The molecule has 2 heterocycles. The highest BCUT2D eigenvalue weighted by Crippen LogP contribution is 2.39. The van der Waals surface area contributed by atoms with Crippen molar-refractivity contribution in [3.05, 3.63) is 53.2 Å². The maximum Gasteiger partial charge on any atom is 0.180 e. The highest BCUT2D eigenvalue weighted by Gasteiger charge is 2.21. The van der Waals surface area contributed by atoms with Gasteiger partial charge in [0, 0.05) is 23.4 Å². The van der Waals surface area contributed by atoms with Gasteiger partial charge in [0.25, 0.3) is 0 Å². The molecule has 4 rings (SSSR count). The van der Waals surface area contributed by atoms with Crippen molar-refractivity contribution in [1.82, 2.24) is 19.5 Å². The van der Waals surface area contributed by atoms with E-state index < -0.39 is 0 Å². The van der Waals surface area contributed by atoms with Crippen LogP contribution in [-0.4, -0.2) is 39.9 Å². The maximum absolute atomic E-state index is 10.7. The highest BCUT2D eigenvalue weighted by molar-refractivity contribution is 5.74. The smallest absolute Gasteiger partial charge is 0.180 e. The van der Waals surface area contributed by atoms with Gasteiger partial charge in [-0.3, -0.25) is 0 Å². The van der Waals surface area contributed by atoms with Crippen molar-refractivity contribution in [3.8, 4) is 57.3 Å². The molecule has 4 N–H and O–H groups in total. The van der Waals surface area contributed by atoms with E-state index in [1.54, 1.807) is 26.0 Å². The summed E-state index contributed by atoms with van der Waals surface area (Å²) in [6.07, 6.45) is 0.975. The summed E-state index contributed by atoms with van der Waals surface area (Å²) in [5.74, 6) is 0.961. The van der Waals surface area contributed by atoms with Crippen molar-refractivity contribution in [1.29, 1.82) is 0 Å². The summed E-state index contributed by atoms with van der Waals surface area (Å²) in [6, 6.07) is 10.00. The van der Waals surface area contributed by atoms with Gasteiger partial charge in [-0.1, -0.05) is 13.8 Å². The number of benzene rings is 2. The highest BCUT2D eigenvalue weighted by atomic mass is 16.3. The zero-order chi connectivity index (χ0) is 25.4. The van der Waals surface area contributed by atoms with E-state index in [0.29, 0.717) is 34.0 Å². The Morgan fingerprint density at radius 1 is 0.686 bits per heavy atom. The van der Waals surface area contributed by atoms with Gasteiger partial charge < -0.3 is 25.0 Å². The summed E-state index contributed by atoms with van der Waals surface area (Å²) in [6.45, 7) is 10.4. The molecule has 0 atom stereocenters. The summed E-state index contributed by atoms with van der Waals surface area (Å²) >= 11 is 0. The zero-order valence-corrected chi connectivity index (χ0v) is 20.5. The molecule has 0 radical (unpaired) electrons. The van der Waals surface area contributed by atoms with Crippen molar-refractivity contribution in [3.63, 3.8) is 0 Å². The second-order valence-corrected chi connectivity index (χ2v) is 9.21. The minimum absolute atomic E-state index is 0.0363. The fourth-order valence-corrected chi connectivity index (χ4v) is 3.92. The van der Waals surface area contributed by atoms with E-state index in [4.69, 9.17) is 0 Å². The van der Waals surface area contributed by atoms with E-state index in [-0.39, 0.29) is 34.6 Å².